The Balaban J connectivity index is 2.07. The Morgan fingerprint density at radius 1 is 1.33 bits per heavy atom. The monoisotopic (exact) mass is 405 g/mol. The van der Waals surface area contributed by atoms with Gasteiger partial charge in [0, 0.05) is 0 Å². The van der Waals surface area contributed by atoms with Crippen molar-refractivity contribution in [3.63, 3.8) is 0 Å². The van der Waals surface area contributed by atoms with Crippen LogP contribution in [0.1, 0.15) is 31.4 Å². The summed E-state index contributed by atoms with van der Waals surface area (Å²) in [5.74, 6) is -2.58. The number of nitrogens with zero attached hydrogens (tertiary/aromatic N) is 1. The minimum atomic E-state index is -1.35. The second-order valence-corrected chi connectivity index (χ2v) is 8.10. The van der Waals surface area contributed by atoms with Gasteiger partial charge >= 0.3 is 0 Å². The lowest BCUT2D eigenvalue weighted by Gasteiger charge is -2.26. The Morgan fingerprint density at radius 3 is 2.52 bits per heavy atom. The summed E-state index contributed by atoms with van der Waals surface area (Å²) in [6.07, 6.45) is 2.29. The Bertz CT molecular complexity index is 789. The summed E-state index contributed by atoms with van der Waals surface area (Å²) in [5, 5.41) is 13.7. The highest BCUT2D eigenvalue weighted by Crippen LogP contribution is 2.32. The first kappa shape index (κ1) is 21.1. The normalized spacial score (nSPS) is 17.9. The molecule has 0 radical (unpaired) electrons. The number of carbonyl (C=O) groups is 3. The van der Waals surface area contributed by atoms with E-state index < -0.39 is 17.9 Å². The smallest absolute Gasteiger partial charge is 0.266 e. The number of carbonyl (C=O) groups excluding carboxylic acids is 3. The van der Waals surface area contributed by atoms with Gasteiger partial charge in [-0.1, -0.05) is 74.1 Å². The fourth-order valence-corrected chi connectivity index (χ4v) is 3.74. The van der Waals surface area contributed by atoms with E-state index in [0.717, 1.165) is 22.9 Å². The fourth-order valence-electron chi connectivity index (χ4n) is 2.48. The number of hydrogen-bond donors (Lipinski definition) is 1. The second-order valence-electron chi connectivity index (χ2n) is 6.43. The number of benzene rings is 1. The molecule has 2 atom stereocenters. The van der Waals surface area contributed by atoms with E-state index in [1.165, 1.54) is 4.90 Å². The van der Waals surface area contributed by atoms with Crippen LogP contribution >= 0.6 is 24.0 Å². The maximum atomic E-state index is 12.6. The number of carboxylic acid groups (broad SMARTS) is 1. The molecule has 1 aliphatic rings. The predicted molar refractivity (Wildman–Crippen MR) is 107 cm³/mol. The maximum Gasteiger partial charge on any atom is 0.266 e. The number of thioether (sulfide) groups is 1. The maximum absolute atomic E-state index is 12.6. The molecule has 1 aliphatic heterocycles. The van der Waals surface area contributed by atoms with E-state index in [1.54, 1.807) is 13.0 Å². The predicted octanol–water partition coefficient (Wildman–Crippen LogP) is 1.48. The summed E-state index contributed by atoms with van der Waals surface area (Å²) in [5.41, 5.74) is 1.97. The van der Waals surface area contributed by atoms with E-state index in [0.29, 0.717) is 11.3 Å². The number of amides is 2. The lowest BCUT2D eigenvalue weighted by atomic mass is 9.99. The molecule has 8 heteroatoms. The molecule has 1 aromatic carbocycles. The third kappa shape index (κ3) is 5.40. The molecule has 1 heterocycles. The molecule has 0 bridgehead atoms. The average Bonchev–Trinajstić information content (AvgIpc) is 2.88. The van der Waals surface area contributed by atoms with Crippen LogP contribution in [-0.2, 0) is 14.4 Å². The van der Waals surface area contributed by atoms with Gasteiger partial charge in [0.05, 0.1) is 16.9 Å². The standard InChI is InChI=1S/C19H22N2O4S2/c1-4-12(3)16(18(24)25)20-15(22)10-21-17(23)14(27-19(21)26)9-13-7-5-11(2)6-8-13/h5-9,12,16H,4,10H2,1-3H3,(H,20,22)(H,24,25)/p-1/b14-9+/t12-,16+/m0/s1. The molecule has 1 fully saturated rings. The zero-order valence-corrected chi connectivity index (χ0v) is 17.0. The highest BCUT2D eigenvalue weighted by molar-refractivity contribution is 8.26. The van der Waals surface area contributed by atoms with Crippen molar-refractivity contribution in [2.75, 3.05) is 6.54 Å². The van der Waals surface area contributed by atoms with Gasteiger partial charge in [-0.2, -0.15) is 0 Å². The zero-order chi connectivity index (χ0) is 20.1. The number of nitrogens with one attached hydrogen (secondary N) is 1. The molecule has 0 spiro atoms. The minimum absolute atomic E-state index is 0.266. The third-order valence-electron chi connectivity index (χ3n) is 4.33. The number of rotatable bonds is 7. The molecule has 27 heavy (non-hydrogen) atoms. The molecule has 1 saturated heterocycles. The summed E-state index contributed by atoms with van der Waals surface area (Å²) in [4.78, 5) is 37.7. The lowest BCUT2D eigenvalue weighted by Crippen LogP contribution is -2.53. The molecule has 144 valence electrons. The number of carboxylic acids is 1. The van der Waals surface area contributed by atoms with Crippen LogP contribution in [0.4, 0.5) is 0 Å². The van der Waals surface area contributed by atoms with E-state index in [-0.39, 0.29) is 22.7 Å². The minimum Gasteiger partial charge on any atom is -0.548 e. The number of thiocarbonyl (C=S) groups is 1. The van der Waals surface area contributed by atoms with E-state index in [4.69, 9.17) is 12.2 Å². The molecule has 0 aromatic heterocycles. The van der Waals surface area contributed by atoms with Crippen molar-refractivity contribution in [2.45, 2.75) is 33.2 Å². The van der Waals surface area contributed by atoms with E-state index >= 15 is 0 Å². The molecule has 0 aliphatic carbocycles. The Morgan fingerprint density at radius 2 is 1.96 bits per heavy atom. The highest BCUT2D eigenvalue weighted by atomic mass is 32.2. The highest BCUT2D eigenvalue weighted by Gasteiger charge is 2.34. The topological polar surface area (TPSA) is 89.5 Å². The van der Waals surface area contributed by atoms with Crippen LogP contribution < -0.4 is 10.4 Å². The van der Waals surface area contributed by atoms with Crippen LogP contribution in [0, 0.1) is 12.8 Å². The summed E-state index contributed by atoms with van der Waals surface area (Å²) in [6.45, 7) is 5.19. The van der Waals surface area contributed by atoms with Gasteiger partial charge in [0.25, 0.3) is 5.91 Å². The summed E-state index contributed by atoms with van der Waals surface area (Å²) >= 11 is 6.33. The number of aryl methyl sites for hydroxylation is 1. The molecule has 2 amide bonds. The Kier molecular flexibility index (Phi) is 7.15. The van der Waals surface area contributed by atoms with Gasteiger partial charge in [-0.25, -0.2) is 0 Å². The summed E-state index contributed by atoms with van der Waals surface area (Å²) in [6, 6.07) is 6.56. The first-order chi connectivity index (χ1) is 12.7. The average molecular weight is 406 g/mol. The first-order valence-electron chi connectivity index (χ1n) is 8.55. The Hall–Kier alpha value is -2.19. The van der Waals surface area contributed by atoms with E-state index in [1.807, 2.05) is 38.1 Å². The van der Waals surface area contributed by atoms with Gasteiger partial charge < -0.3 is 15.2 Å². The quantitative estimate of drug-likeness (QED) is 0.546. The van der Waals surface area contributed by atoms with Crippen molar-refractivity contribution in [3.05, 3.63) is 40.3 Å². The molecule has 1 aromatic rings. The zero-order valence-electron chi connectivity index (χ0n) is 15.4. The van der Waals surface area contributed by atoms with E-state index in [2.05, 4.69) is 5.32 Å². The van der Waals surface area contributed by atoms with Crippen LogP contribution in [0.15, 0.2) is 29.2 Å². The SMILES string of the molecule is CC[C@H](C)[C@@H](NC(=O)CN1C(=O)/C(=C\c2ccc(C)cc2)SC1=S)C(=O)[O-]. The van der Waals surface area contributed by atoms with Crippen molar-refractivity contribution in [1.82, 2.24) is 10.2 Å². The van der Waals surface area contributed by atoms with Crippen molar-refractivity contribution >= 4 is 52.2 Å². The third-order valence-corrected chi connectivity index (χ3v) is 5.71. The van der Waals surface area contributed by atoms with Gasteiger partial charge in [0.2, 0.25) is 5.91 Å². The van der Waals surface area contributed by atoms with E-state index in [9.17, 15) is 19.5 Å². The van der Waals surface area contributed by atoms with Crippen LogP contribution in [-0.4, -0.2) is 39.6 Å². The fraction of sp³-hybridized carbons (Fsp3) is 0.368. The second kappa shape index (κ2) is 9.14. The van der Waals surface area contributed by atoms with Crippen molar-refractivity contribution in [1.29, 1.82) is 0 Å². The van der Waals surface area contributed by atoms with Gasteiger partial charge in [-0.15, -0.1) is 0 Å². The van der Waals surface area contributed by atoms with Crippen LogP contribution in [0.2, 0.25) is 0 Å². The van der Waals surface area contributed by atoms with Crippen molar-refractivity contribution in [3.8, 4) is 0 Å². The number of aliphatic carboxylic acids is 1. The van der Waals surface area contributed by atoms with Gasteiger partial charge in [0.1, 0.15) is 10.9 Å². The lowest BCUT2D eigenvalue weighted by molar-refractivity contribution is -0.309. The molecule has 0 saturated carbocycles. The summed E-state index contributed by atoms with van der Waals surface area (Å²) in [7, 11) is 0. The number of hydrogen-bond acceptors (Lipinski definition) is 6. The summed E-state index contributed by atoms with van der Waals surface area (Å²) < 4.78 is 0.266. The molecule has 6 nitrogen and oxygen atoms in total. The van der Waals surface area contributed by atoms with Crippen molar-refractivity contribution in [2.24, 2.45) is 5.92 Å². The molecular formula is C19H21N2O4S2-. The van der Waals surface area contributed by atoms with Gasteiger partial charge in [-0.3, -0.25) is 14.5 Å². The van der Waals surface area contributed by atoms with Crippen LogP contribution in [0.5, 0.6) is 0 Å². The first-order valence-corrected chi connectivity index (χ1v) is 9.77. The molecule has 0 unspecified atom stereocenters. The largest absolute Gasteiger partial charge is 0.548 e. The molecule has 2 rings (SSSR count). The van der Waals surface area contributed by atoms with Crippen molar-refractivity contribution < 1.29 is 19.5 Å². The van der Waals surface area contributed by atoms with Crippen LogP contribution in [0.25, 0.3) is 6.08 Å². The van der Waals surface area contributed by atoms with Gasteiger partial charge in [0.15, 0.2) is 0 Å². The Labute approximate surface area is 168 Å². The molecule has 1 N–H and O–H groups in total. The molecular weight excluding hydrogens is 384 g/mol. The van der Waals surface area contributed by atoms with Gasteiger partial charge in [-0.05, 0) is 24.5 Å². The van der Waals surface area contributed by atoms with Crippen LogP contribution in [0.3, 0.4) is 0 Å².